The summed E-state index contributed by atoms with van der Waals surface area (Å²) in [4.78, 5) is 0. The summed E-state index contributed by atoms with van der Waals surface area (Å²) in [5.41, 5.74) is 1.35. The highest BCUT2D eigenvalue weighted by Gasteiger charge is 2.10. The van der Waals surface area contributed by atoms with Crippen LogP contribution in [0.5, 0.6) is 0 Å². The molecule has 0 bridgehead atoms. The quantitative estimate of drug-likeness (QED) is 0.766. The van der Waals surface area contributed by atoms with Gasteiger partial charge in [-0.15, -0.1) is 0 Å². The van der Waals surface area contributed by atoms with Crippen molar-refractivity contribution in [2.24, 2.45) is 0 Å². The van der Waals surface area contributed by atoms with E-state index in [2.05, 4.69) is 0 Å². The summed E-state index contributed by atoms with van der Waals surface area (Å²) >= 11 is 0. The number of nitriles is 2. The van der Waals surface area contributed by atoms with Crippen molar-refractivity contribution in [3.8, 4) is 12.1 Å². The Labute approximate surface area is 82.8 Å². The van der Waals surface area contributed by atoms with E-state index >= 15 is 0 Å². The normalized spacial score (nSPS) is 11.8. The smallest absolute Gasteiger partial charge is 0.158 e. The van der Waals surface area contributed by atoms with Gasteiger partial charge < -0.3 is 5.11 Å². The minimum absolute atomic E-state index is 0.576. The molecule has 3 nitrogen and oxygen atoms in total. The first-order chi connectivity index (χ1) is 6.69. The molecule has 3 heteroatoms. The zero-order valence-corrected chi connectivity index (χ0v) is 7.81. The average Bonchev–Trinajstić information content (AvgIpc) is 2.20. The molecule has 0 aliphatic rings. The molecule has 0 heterocycles. The fraction of sp³-hybridized carbons (Fsp3) is 0.273. The predicted molar refractivity (Wildman–Crippen MR) is 51.0 cm³/mol. The van der Waals surface area contributed by atoms with E-state index in [0.29, 0.717) is 5.56 Å². The highest BCUT2D eigenvalue weighted by Crippen LogP contribution is 2.19. The Hall–Kier alpha value is -1.84. The number of aliphatic hydroxyl groups excluding tert-OH is 1. The number of nitrogens with zero attached hydrogens (tertiary/aromatic N) is 2. The number of rotatable bonds is 2. The van der Waals surface area contributed by atoms with Gasteiger partial charge in [-0.05, 0) is 18.1 Å². The Kier molecular flexibility index (Phi) is 3.23. The molecule has 70 valence electrons. The maximum absolute atomic E-state index is 9.31. The minimum atomic E-state index is -0.756. The van der Waals surface area contributed by atoms with Crippen molar-refractivity contribution in [1.29, 1.82) is 10.5 Å². The second-order valence-corrected chi connectivity index (χ2v) is 3.04. The van der Waals surface area contributed by atoms with Crippen LogP contribution in [0.25, 0.3) is 0 Å². The van der Waals surface area contributed by atoms with Crippen molar-refractivity contribution < 1.29 is 5.11 Å². The number of aliphatic hydroxyl groups is 1. The highest BCUT2D eigenvalue weighted by atomic mass is 16.3. The van der Waals surface area contributed by atoms with Crippen LogP contribution in [-0.4, -0.2) is 5.11 Å². The fourth-order valence-corrected chi connectivity index (χ4v) is 1.18. The first-order valence-electron chi connectivity index (χ1n) is 4.26. The molecule has 0 saturated heterocycles. The summed E-state index contributed by atoms with van der Waals surface area (Å²) < 4.78 is 0. The molecule has 0 fully saturated rings. The molecule has 1 aromatic carbocycles. The molecule has 0 radical (unpaired) electrons. The molecule has 1 unspecified atom stereocenters. The molecule has 0 saturated carbocycles. The third-order valence-corrected chi connectivity index (χ3v) is 1.98. The van der Waals surface area contributed by atoms with Crippen LogP contribution < -0.4 is 0 Å². The van der Waals surface area contributed by atoms with Crippen molar-refractivity contribution in [2.75, 3.05) is 0 Å². The Morgan fingerprint density at radius 1 is 1.21 bits per heavy atom. The SMILES string of the molecule is CC(O)c1cccc(C(C#N)C#N)c1. The lowest BCUT2D eigenvalue weighted by Gasteiger charge is -2.07. The lowest BCUT2D eigenvalue weighted by atomic mass is 9.98. The van der Waals surface area contributed by atoms with Crippen molar-refractivity contribution in [1.82, 2.24) is 0 Å². The molecule has 1 aromatic rings. The average molecular weight is 186 g/mol. The highest BCUT2D eigenvalue weighted by molar-refractivity contribution is 5.34. The lowest BCUT2D eigenvalue weighted by molar-refractivity contribution is 0.199. The molecule has 1 N–H and O–H groups in total. The van der Waals surface area contributed by atoms with Crippen molar-refractivity contribution in [2.45, 2.75) is 18.9 Å². The van der Waals surface area contributed by atoms with E-state index in [4.69, 9.17) is 10.5 Å². The fourth-order valence-electron chi connectivity index (χ4n) is 1.18. The number of hydrogen-bond donors (Lipinski definition) is 1. The van der Waals surface area contributed by atoms with E-state index in [-0.39, 0.29) is 0 Å². The molecule has 1 atom stereocenters. The predicted octanol–water partition coefficient (Wildman–Crippen LogP) is 1.87. The molecule has 0 aromatic heterocycles. The molecule has 0 spiro atoms. The molecular formula is C11H10N2O. The summed E-state index contributed by atoms with van der Waals surface area (Å²) in [5, 5.41) is 26.7. The van der Waals surface area contributed by atoms with Crippen molar-refractivity contribution in [3.63, 3.8) is 0 Å². The summed E-state index contributed by atoms with van der Waals surface area (Å²) in [6.45, 7) is 1.65. The van der Waals surface area contributed by atoms with Crippen LogP contribution in [0, 0.1) is 22.7 Å². The molecule has 0 aliphatic carbocycles. The Morgan fingerprint density at radius 3 is 2.29 bits per heavy atom. The van der Waals surface area contributed by atoms with Crippen LogP contribution in [0.4, 0.5) is 0 Å². The topological polar surface area (TPSA) is 67.8 Å². The summed E-state index contributed by atoms with van der Waals surface area (Å²) in [6.07, 6.45) is -0.576. The second kappa shape index (κ2) is 4.41. The zero-order valence-electron chi connectivity index (χ0n) is 7.81. The Balaban J connectivity index is 3.07. The van der Waals surface area contributed by atoms with E-state index in [9.17, 15) is 5.11 Å². The van der Waals surface area contributed by atoms with Crippen LogP contribution in [0.2, 0.25) is 0 Å². The third kappa shape index (κ3) is 2.10. The summed E-state index contributed by atoms with van der Waals surface area (Å²) in [5.74, 6) is -0.756. The molecule has 14 heavy (non-hydrogen) atoms. The Bertz CT molecular complexity index is 384. The molecular weight excluding hydrogens is 176 g/mol. The van der Waals surface area contributed by atoms with Gasteiger partial charge >= 0.3 is 0 Å². The standard InChI is InChI=1S/C11H10N2O/c1-8(14)9-3-2-4-10(5-9)11(6-12)7-13/h2-5,8,11,14H,1H3. The Morgan fingerprint density at radius 2 is 1.79 bits per heavy atom. The monoisotopic (exact) mass is 186 g/mol. The molecule has 0 amide bonds. The van der Waals surface area contributed by atoms with E-state index in [0.717, 1.165) is 5.56 Å². The first kappa shape index (κ1) is 10.2. The van der Waals surface area contributed by atoms with Crippen molar-refractivity contribution >= 4 is 0 Å². The van der Waals surface area contributed by atoms with Crippen LogP contribution >= 0.6 is 0 Å². The lowest BCUT2D eigenvalue weighted by Crippen LogP contribution is -1.96. The number of benzene rings is 1. The van der Waals surface area contributed by atoms with Gasteiger partial charge in [0.05, 0.1) is 18.2 Å². The largest absolute Gasteiger partial charge is 0.389 e. The van der Waals surface area contributed by atoms with Gasteiger partial charge in [0.2, 0.25) is 0 Å². The van der Waals surface area contributed by atoms with Gasteiger partial charge in [-0.1, -0.05) is 24.3 Å². The minimum Gasteiger partial charge on any atom is -0.389 e. The summed E-state index contributed by atoms with van der Waals surface area (Å²) in [7, 11) is 0. The first-order valence-corrected chi connectivity index (χ1v) is 4.26. The van der Waals surface area contributed by atoms with E-state index in [1.54, 1.807) is 31.2 Å². The van der Waals surface area contributed by atoms with Crippen molar-refractivity contribution in [3.05, 3.63) is 35.4 Å². The van der Waals surface area contributed by atoms with Crippen LogP contribution in [-0.2, 0) is 0 Å². The van der Waals surface area contributed by atoms with Gasteiger partial charge in [-0.2, -0.15) is 10.5 Å². The maximum Gasteiger partial charge on any atom is 0.158 e. The van der Waals surface area contributed by atoms with Crippen LogP contribution in [0.15, 0.2) is 24.3 Å². The van der Waals surface area contributed by atoms with Gasteiger partial charge in [0, 0.05) is 0 Å². The van der Waals surface area contributed by atoms with Crippen LogP contribution in [0.3, 0.4) is 0 Å². The van der Waals surface area contributed by atoms with E-state index in [1.807, 2.05) is 12.1 Å². The van der Waals surface area contributed by atoms with Crippen LogP contribution in [0.1, 0.15) is 30.1 Å². The van der Waals surface area contributed by atoms with E-state index in [1.165, 1.54) is 0 Å². The van der Waals surface area contributed by atoms with Gasteiger partial charge in [0.15, 0.2) is 5.92 Å². The van der Waals surface area contributed by atoms with Gasteiger partial charge in [0.25, 0.3) is 0 Å². The van der Waals surface area contributed by atoms with E-state index < -0.39 is 12.0 Å². The van der Waals surface area contributed by atoms with Gasteiger partial charge in [-0.25, -0.2) is 0 Å². The molecule has 1 rings (SSSR count). The maximum atomic E-state index is 9.31. The third-order valence-electron chi connectivity index (χ3n) is 1.98. The van der Waals surface area contributed by atoms with Gasteiger partial charge in [-0.3, -0.25) is 0 Å². The zero-order chi connectivity index (χ0) is 10.6. The number of hydrogen-bond acceptors (Lipinski definition) is 3. The summed E-state index contributed by atoms with van der Waals surface area (Å²) in [6, 6.07) is 10.7. The second-order valence-electron chi connectivity index (χ2n) is 3.04. The van der Waals surface area contributed by atoms with Gasteiger partial charge in [0.1, 0.15) is 0 Å². The molecule has 0 aliphatic heterocycles.